The van der Waals surface area contributed by atoms with Crippen LogP contribution < -0.4 is 11.0 Å². The summed E-state index contributed by atoms with van der Waals surface area (Å²) in [6, 6.07) is 9.00. The monoisotopic (exact) mass is 318 g/mol. The largest absolute Gasteiger partial charge is 0.341 e. The summed E-state index contributed by atoms with van der Waals surface area (Å²) in [6.07, 6.45) is 1.56. The van der Waals surface area contributed by atoms with E-state index in [9.17, 15) is 9.59 Å². The number of carbonyl (C=O) groups excluding carboxylic acids is 1. The van der Waals surface area contributed by atoms with Gasteiger partial charge in [-0.1, -0.05) is 23.7 Å². The Morgan fingerprint density at radius 1 is 1.36 bits per heavy atom. The number of benzene rings is 1. The molecule has 0 aliphatic heterocycles. The van der Waals surface area contributed by atoms with Gasteiger partial charge in [0.2, 0.25) is 5.82 Å². The van der Waals surface area contributed by atoms with E-state index in [0.29, 0.717) is 17.4 Å². The second-order valence-electron chi connectivity index (χ2n) is 4.48. The Morgan fingerprint density at radius 3 is 2.95 bits per heavy atom. The minimum Gasteiger partial charge on any atom is -0.304 e. The van der Waals surface area contributed by atoms with Gasteiger partial charge in [-0.05, 0) is 17.7 Å². The molecule has 112 valence electrons. The number of aromatic amines is 2. The Labute approximate surface area is 129 Å². The first-order valence-electron chi connectivity index (χ1n) is 6.34. The van der Waals surface area contributed by atoms with E-state index in [-0.39, 0.29) is 5.82 Å². The Morgan fingerprint density at radius 2 is 2.23 bits per heavy atom. The summed E-state index contributed by atoms with van der Waals surface area (Å²) in [5.74, 6) is -0.152. The summed E-state index contributed by atoms with van der Waals surface area (Å²) in [4.78, 5) is 25.2. The molecule has 3 N–H and O–H groups in total. The highest BCUT2D eigenvalue weighted by atomic mass is 35.5. The Kier molecular flexibility index (Phi) is 3.75. The van der Waals surface area contributed by atoms with Crippen molar-refractivity contribution in [2.45, 2.75) is 6.54 Å². The Hall–Kier alpha value is -2.87. The molecule has 0 bridgehead atoms. The van der Waals surface area contributed by atoms with Gasteiger partial charge in [0.15, 0.2) is 0 Å². The number of rotatable bonds is 4. The van der Waals surface area contributed by atoms with Crippen LogP contribution in [-0.4, -0.2) is 30.9 Å². The van der Waals surface area contributed by atoms with Crippen LogP contribution in [0.5, 0.6) is 0 Å². The van der Waals surface area contributed by atoms with Crippen LogP contribution in [0.3, 0.4) is 0 Å². The maximum absolute atomic E-state index is 12.0. The van der Waals surface area contributed by atoms with Crippen molar-refractivity contribution < 1.29 is 4.79 Å². The molecule has 1 amide bonds. The zero-order valence-electron chi connectivity index (χ0n) is 11.2. The van der Waals surface area contributed by atoms with Gasteiger partial charge < -0.3 is 5.32 Å². The third-order valence-electron chi connectivity index (χ3n) is 2.90. The molecule has 8 nitrogen and oxygen atoms in total. The van der Waals surface area contributed by atoms with Crippen LogP contribution in [0.25, 0.3) is 0 Å². The minimum absolute atomic E-state index is 0.0968. The molecule has 0 saturated heterocycles. The second-order valence-corrected chi connectivity index (χ2v) is 4.92. The molecule has 0 unspecified atom stereocenters. The van der Waals surface area contributed by atoms with Crippen LogP contribution in [0.4, 0.5) is 5.82 Å². The van der Waals surface area contributed by atoms with Gasteiger partial charge in [0.05, 0.1) is 12.7 Å². The van der Waals surface area contributed by atoms with E-state index in [0.717, 1.165) is 5.56 Å². The number of halogens is 1. The van der Waals surface area contributed by atoms with Gasteiger partial charge in [-0.15, -0.1) is 5.10 Å². The van der Waals surface area contributed by atoms with Crippen molar-refractivity contribution >= 4 is 23.3 Å². The number of anilines is 1. The quantitative estimate of drug-likeness (QED) is 0.672. The summed E-state index contributed by atoms with van der Waals surface area (Å²) in [6.45, 7) is 0.445. The maximum atomic E-state index is 12.0. The zero-order valence-corrected chi connectivity index (χ0v) is 12.0. The first-order valence-corrected chi connectivity index (χ1v) is 6.72. The van der Waals surface area contributed by atoms with E-state index in [1.807, 2.05) is 18.2 Å². The molecule has 1 aromatic carbocycles. The molecule has 2 aromatic heterocycles. The molecule has 0 fully saturated rings. The van der Waals surface area contributed by atoms with Crippen molar-refractivity contribution in [2.75, 3.05) is 5.32 Å². The third-order valence-corrected chi connectivity index (χ3v) is 3.13. The summed E-state index contributed by atoms with van der Waals surface area (Å²) >= 11 is 5.95. The number of aromatic nitrogens is 5. The highest BCUT2D eigenvalue weighted by Gasteiger charge is 2.13. The third kappa shape index (κ3) is 3.07. The van der Waals surface area contributed by atoms with Gasteiger partial charge in [0.25, 0.3) is 5.91 Å². The topological polar surface area (TPSA) is 108 Å². The number of amides is 1. The number of hydrogen-bond donors (Lipinski definition) is 3. The van der Waals surface area contributed by atoms with Gasteiger partial charge in [0, 0.05) is 11.1 Å². The normalized spacial score (nSPS) is 10.6. The van der Waals surface area contributed by atoms with E-state index in [1.165, 1.54) is 0 Å². The van der Waals surface area contributed by atoms with E-state index >= 15 is 0 Å². The molecule has 0 atom stereocenters. The standard InChI is InChI=1S/C13H11ClN6O2/c14-9-3-1-2-8(6-9)7-20-10(4-5-15-20)16-12(21)11-17-13(22)19-18-11/h1-6H,7H2,(H,16,21)(H2,17,18,19,22). The predicted octanol–water partition coefficient (Wildman–Crippen LogP) is 1.25. The molecule has 0 aliphatic carbocycles. The molecular weight excluding hydrogens is 308 g/mol. The van der Waals surface area contributed by atoms with Gasteiger partial charge >= 0.3 is 5.69 Å². The van der Waals surface area contributed by atoms with Crippen LogP contribution in [-0.2, 0) is 6.54 Å². The lowest BCUT2D eigenvalue weighted by atomic mass is 10.2. The number of H-pyrrole nitrogens is 2. The average molecular weight is 319 g/mol. The zero-order chi connectivity index (χ0) is 15.5. The predicted molar refractivity (Wildman–Crippen MR) is 79.9 cm³/mol. The SMILES string of the molecule is O=C(Nc1ccnn1Cc1cccc(Cl)c1)c1n[nH]c(=O)[nH]1. The van der Waals surface area contributed by atoms with Crippen LogP contribution >= 0.6 is 11.6 Å². The highest BCUT2D eigenvalue weighted by Crippen LogP contribution is 2.14. The van der Waals surface area contributed by atoms with E-state index in [1.54, 1.807) is 23.0 Å². The fraction of sp³-hybridized carbons (Fsp3) is 0.0769. The Balaban J connectivity index is 1.77. The summed E-state index contributed by atoms with van der Waals surface area (Å²) < 4.78 is 1.61. The van der Waals surface area contributed by atoms with Crippen LogP contribution in [0.15, 0.2) is 41.3 Å². The fourth-order valence-corrected chi connectivity index (χ4v) is 2.14. The van der Waals surface area contributed by atoms with Crippen molar-refractivity contribution in [3.63, 3.8) is 0 Å². The van der Waals surface area contributed by atoms with Crippen molar-refractivity contribution in [1.82, 2.24) is 25.0 Å². The summed E-state index contributed by atoms with van der Waals surface area (Å²) in [5, 5.41) is 13.1. The minimum atomic E-state index is -0.544. The van der Waals surface area contributed by atoms with Crippen LogP contribution in [0.1, 0.15) is 16.2 Å². The van der Waals surface area contributed by atoms with E-state index in [2.05, 4.69) is 25.6 Å². The second kappa shape index (κ2) is 5.86. The van der Waals surface area contributed by atoms with Gasteiger partial charge in [0.1, 0.15) is 5.82 Å². The fourth-order valence-electron chi connectivity index (χ4n) is 1.93. The van der Waals surface area contributed by atoms with Gasteiger partial charge in [-0.3, -0.25) is 9.78 Å². The number of carbonyl (C=O) groups is 1. The molecule has 2 heterocycles. The molecular formula is C13H11ClN6O2. The first-order chi connectivity index (χ1) is 10.6. The lowest BCUT2D eigenvalue weighted by Crippen LogP contribution is -2.18. The number of hydrogen-bond acceptors (Lipinski definition) is 4. The summed E-state index contributed by atoms with van der Waals surface area (Å²) in [7, 11) is 0. The first kappa shape index (κ1) is 14.1. The number of nitrogens with zero attached hydrogens (tertiary/aromatic N) is 3. The molecule has 3 aromatic rings. The molecule has 0 spiro atoms. The highest BCUT2D eigenvalue weighted by molar-refractivity contribution is 6.30. The molecule has 0 radical (unpaired) electrons. The lowest BCUT2D eigenvalue weighted by Gasteiger charge is -2.08. The Bertz CT molecular complexity index is 865. The molecule has 3 rings (SSSR count). The molecule has 0 aliphatic rings. The van der Waals surface area contributed by atoms with Gasteiger partial charge in [-0.2, -0.15) is 5.10 Å². The molecule has 0 saturated carbocycles. The van der Waals surface area contributed by atoms with Crippen LogP contribution in [0, 0.1) is 0 Å². The van der Waals surface area contributed by atoms with Crippen molar-refractivity contribution in [3.05, 3.63) is 63.4 Å². The van der Waals surface area contributed by atoms with Crippen LogP contribution in [0.2, 0.25) is 5.02 Å². The maximum Gasteiger partial charge on any atom is 0.341 e. The summed E-state index contributed by atoms with van der Waals surface area (Å²) in [5.41, 5.74) is 0.400. The van der Waals surface area contributed by atoms with Gasteiger partial charge in [-0.25, -0.2) is 14.6 Å². The molecule has 22 heavy (non-hydrogen) atoms. The average Bonchev–Trinajstić information content (AvgIpc) is 3.09. The lowest BCUT2D eigenvalue weighted by molar-refractivity contribution is 0.101. The molecule has 9 heteroatoms. The van der Waals surface area contributed by atoms with E-state index < -0.39 is 11.6 Å². The number of nitrogens with one attached hydrogen (secondary N) is 3. The van der Waals surface area contributed by atoms with E-state index in [4.69, 9.17) is 11.6 Å². The van der Waals surface area contributed by atoms with Crippen molar-refractivity contribution in [1.29, 1.82) is 0 Å². The van der Waals surface area contributed by atoms with Crippen molar-refractivity contribution in [2.24, 2.45) is 0 Å². The smallest absolute Gasteiger partial charge is 0.304 e. The van der Waals surface area contributed by atoms with Crippen molar-refractivity contribution in [3.8, 4) is 0 Å².